The number of nitrogens with zero attached hydrogens (tertiary/aromatic N) is 1. The smallest absolute Gasteiger partial charge is 0.256 e. The molecule has 0 aromatic heterocycles. The first-order valence-corrected chi connectivity index (χ1v) is 5.96. The van der Waals surface area contributed by atoms with Crippen molar-refractivity contribution in [2.24, 2.45) is 5.73 Å². The third-order valence-corrected chi connectivity index (χ3v) is 2.59. The quantitative estimate of drug-likeness (QED) is 0.839. The molecule has 1 amide bonds. The average molecular weight is 254 g/mol. The molecule has 100 valence electrons. The molecule has 0 bridgehead atoms. The van der Waals surface area contributed by atoms with Crippen molar-refractivity contribution < 1.29 is 13.9 Å². The second-order valence-corrected chi connectivity index (χ2v) is 3.93. The molecule has 0 saturated heterocycles. The van der Waals surface area contributed by atoms with E-state index in [4.69, 9.17) is 10.5 Å². The van der Waals surface area contributed by atoms with Gasteiger partial charge in [0.15, 0.2) is 0 Å². The normalized spacial score (nSPS) is 10.2. The first-order valence-electron chi connectivity index (χ1n) is 5.96. The fourth-order valence-electron chi connectivity index (χ4n) is 1.71. The summed E-state index contributed by atoms with van der Waals surface area (Å²) in [5.41, 5.74) is 5.51. The molecule has 1 aromatic carbocycles. The largest absolute Gasteiger partial charge is 0.497 e. The van der Waals surface area contributed by atoms with Crippen LogP contribution in [0.25, 0.3) is 0 Å². The maximum atomic E-state index is 13.8. The predicted molar refractivity (Wildman–Crippen MR) is 68.2 cm³/mol. The Hall–Kier alpha value is -1.62. The van der Waals surface area contributed by atoms with E-state index in [1.165, 1.54) is 19.2 Å². The maximum Gasteiger partial charge on any atom is 0.256 e. The Morgan fingerprint density at radius 3 is 2.67 bits per heavy atom. The molecule has 0 aliphatic heterocycles. The van der Waals surface area contributed by atoms with Crippen molar-refractivity contribution in [2.75, 3.05) is 26.7 Å². The van der Waals surface area contributed by atoms with Gasteiger partial charge in [-0.15, -0.1) is 0 Å². The lowest BCUT2D eigenvalue weighted by atomic mass is 10.1. The molecule has 1 aromatic rings. The second-order valence-electron chi connectivity index (χ2n) is 3.93. The molecule has 0 fully saturated rings. The summed E-state index contributed by atoms with van der Waals surface area (Å²) in [7, 11) is 1.45. The van der Waals surface area contributed by atoms with Crippen molar-refractivity contribution in [3.05, 3.63) is 29.6 Å². The minimum atomic E-state index is -0.572. The van der Waals surface area contributed by atoms with E-state index >= 15 is 0 Å². The molecule has 0 aliphatic rings. The van der Waals surface area contributed by atoms with Crippen molar-refractivity contribution in [1.29, 1.82) is 0 Å². The van der Waals surface area contributed by atoms with Gasteiger partial charge in [-0.05, 0) is 18.6 Å². The second kappa shape index (κ2) is 6.96. The maximum absolute atomic E-state index is 13.8. The number of carbonyl (C=O) groups is 1. The molecule has 0 spiro atoms. The van der Waals surface area contributed by atoms with Crippen molar-refractivity contribution in [3.8, 4) is 5.75 Å². The highest BCUT2D eigenvalue weighted by Gasteiger charge is 2.18. The number of carbonyl (C=O) groups excluding carboxylic acids is 1. The molecule has 2 N–H and O–H groups in total. The van der Waals surface area contributed by atoms with E-state index in [9.17, 15) is 9.18 Å². The van der Waals surface area contributed by atoms with Gasteiger partial charge < -0.3 is 15.4 Å². The van der Waals surface area contributed by atoms with Crippen LogP contribution in [0.2, 0.25) is 0 Å². The molecule has 0 atom stereocenters. The van der Waals surface area contributed by atoms with E-state index in [0.29, 0.717) is 25.4 Å². The summed E-state index contributed by atoms with van der Waals surface area (Å²) in [4.78, 5) is 13.7. The molecule has 0 aliphatic carbocycles. The number of hydrogen-bond acceptors (Lipinski definition) is 3. The highest BCUT2D eigenvalue weighted by atomic mass is 19.1. The van der Waals surface area contributed by atoms with Crippen LogP contribution >= 0.6 is 0 Å². The zero-order chi connectivity index (χ0) is 13.5. The highest BCUT2D eigenvalue weighted by Crippen LogP contribution is 2.17. The topological polar surface area (TPSA) is 55.6 Å². The van der Waals surface area contributed by atoms with Crippen LogP contribution < -0.4 is 10.5 Å². The van der Waals surface area contributed by atoms with Gasteiger partial charge in [-0.3, -0.25) is 4.79 Å². The van der Waals surface area contributed by atoms with E-state index in [-0.39, 0.29) is 11.5 Å². The van der Waals surface area contributed by atoms with Crippen molar-refractivity contribution in [2.45, 2.75) is 13.3 Å². The third-order valence-electron chi connectivity index (χ3n) is 2.59. The van der Waals surface area contributed by atoms with E-state index in [1.807, 2.05) is 6.92 Å². The molecule has 4 nitrogen and oxygen atoms in total. The zero-order valence-electron chi connectivity index (χ0n) is 10.8. The van der Waals surface area contributed by atoms with Crippen LogP contribution in [0.4, 0.5) is 4.39 Å². The molecule has 18 heavy (non-hydrogen) atoms. The summed E-state index contributed by atoms with van der Waals surface area (Å²) in [5, 5.41) is 0. The first kappa shape index (κ1) is 14.4. The van der Waals surface area contributed by atoms with Crippen LogP contribution in [0.5, 0.6) is 5.75 Å². The van der Waals surface area contributed by atoms with Gasteiger partial charge in [-0.2, -0.15) is 0 Å². The Bertz CT molecular complexity index is 404. The van der Waals surface area contributed by atoms with Gasteiger partial charge in [0.1, 0.15) is 11.6 Å². The Labute approximate surface area is 107 Å². The zero-order valence-corrected chi connectivity index (χ0v) is 10.8. The SMILES string of the molecule is CCCN(CCN)C(=O)c1ccc(OC)cc1F. The average Bonchev–Trinajstić information content (AvgIpc) is 2.37. The summed E-state index contributed by atoms with van der Waals surface area (Å²) in [6.45, 7) is 3.32. The number of halogens is 1. The Morgan fingerprint density at radius 1 is 1.44 bits per heavy atom. The molecule has 0 saturated carbocycles. The van der Waals surface area contributed by atoms with E-state index in [1.54, 1.807) is 11.0 Å². The lowest BCUT2D eigenvalue weighted by molar-refractivity contribution is 0.0755. The molecule has 5 heteroatoms. The van der Waals surface area contributed by atoms with E-state index in [2.05, 4.69) is 0 Å². The van der Waals surface area contributed by atoms with Gasteiger partial charge in [0, 0.05) is 25.7 Å². The Morgan fingerprint density at radius 2 is 2.17 bits per heavy atom. The number of methoxy groups -OCH3 is 1. The van der Waals surface area contributed by atoms with Crippen LogP contribution in [0.15, 0.2) is 18.2 Å². The van der Waals surface area contributed by atoms with Gasteiger partial charge in [-0.1, -0.05) is 6.92 Å². The predicted octanol–water partition coefficient (Wildman–Crippen LogP) is 1.65. The van der Waals surface area contributed by atoms with Gasteiger partial charge in [0.05, 0.1) is 12.7 Å². The molecule has 0 unspecified atom stereocenters. The molecular formula is C13H19FN2O2. The first-order chi connectivity index (χ1) is 8.63. The summed E-state index contributed by atoms with van der Waals surface area (Å²) < 4.78 is 18.7. The fraction of sp³-hybridized carbons (Fsp3) is 0.462. The van der Waals surface area contributed by atoms with Crippen LogP contribution in [-0.4, -0.2) is 37.6 Å². The number of ether oxygens (including phenoxy) is 1. The van der Waals surface area contributed by atoms with Gasteiger partial charge in [-0.25, -0.2) is 4.39 Å². The van der Waals surface area contributed by atoms with Crippen LogP contribution in [0.1, 0.15) is 23.7 Å². The van der Waals surface area contributed by atoms with Crippen LogP contribution in [0.3, 0.4) is 0 Å². The van der Waals surface area contributed by atoms with Crippen molar-refractivity contribution in [1.82, 2.24) is 4.90 Å². The number of nitrogens with two attached hydrogens (primary N) is 1. The van der Waals surface area contributed by atoms with E-state index < -0.39 is 5.82 Å². The number of amides is 1. The van der Waals surface area contributed by atoms with Gasteiger partial charge >= 0.3 is 0 Å². The van der Waals surface area contributed by atoms with Crippen molar-refractivity contribution in [3.63, 3.8) is 0 Å². The van der Waals surface area contributed by atoms with Crippen LogP contribution in [0, 0.1) is 5.82 Å². The molecule has 0 heterocycles. The third kappa shape index (κ3) is 3.43. The van der Waals surface area contributed by atoms with Gasteiger partial charge in [0.25, 0.3) is 5.91 Å². The summed E-state index contributed by atoms with van der Waals surface area (Å²) in [6, 6.07) is 4.22. The summed E-state index contributed by atoms with van der Waals surface area (Å²) in [5.74, 6) is -0.509. The number of hydrogen-bond donors (Lipinski definition) is 1. The van der Waals surface area contributed by atoms with Crippen molar-refractivity contribution >= 4 is 5.91 Å². The number of benzene rings is 1. The van der Waals surface area contributed by atoms with Crippen LogP contribution in [-0.2, 0) is 0 Å². The van der Waals surface area contributed by atoms with E-state index in [0.717, 1.165) is 6.42 Å². The monoisotopic (exact) mass is 254 g/mol. The minimum absolute atomic E-state index is 0.0534. The lowest BCUT2D eigenvalue weighted by Gasteiger charge is -2.21. The van der Waals surface area contributed by atoms with Gasteiger partial charge in [0.2, 0.25) is 0 Å². The standard InChI is InChI=1S/C13H19FN2O2/c1-3-7-16(8-6-15)13(17)11-5-4-10(18-2)9-12(11)14/h4-5,9H,3,6-8,15H2,1-2H3. The molecule has 0 radical (unpaired) electrons. The lowest BCUT2D eigenvalue weighted by Crippen LogP contribution is -2.36. The summed E-state index contributed by atoms with van der Waals surface area (Å²) >= 11 is 0. The number of rotatable bonds is 6. The summed E-state index contributed by atoms with van der Waals surface area (Å²) in [6.07, 6.45) is 0.809. The Kier molecular flexibility index (Phi) is 5.58. The Balaban J connectivity index is 2.93. The molecular weight excluding hydrogens is 235 g/mol. The highest BCUT2D eigenvalue weighted by molar-refractivity contribution is 5.94. The fourth-order valence-corrected chi connectivity index (χ4v) is 1.71. The molecule has 1 rings (SSSR count). The minimum Gasteiger partial charge on any atom is -0.497 e.